The number of pyridine rings is 1. The van der Waals surface area contributed by atoms with E-state index in [1.807, 2.05) is 32.0 Å². The molecule has 1 aliphatic rings. The van der Waals surface area contributed by atoms with Gasteiger partial charge in [0.15, 0.2) is 5.82 Å². The van der Waals surface area contributed by atoms with Crippen molar-refractivity contribution in [3.63, 3.8) is 0 Å². The quantitative estimate of drug-likeness (QED) is 0.884. The summed E-state index contributed by atoms with van der Waals surface area (Å²) in [6, 6.07) is 5.72. The van der Waals surface area contributed by atoms with Gasteiger partial charge in [0, 0.05) is 43.3 Å². The number of aromatic nitrogens is 3. The molecule has 2 aromatic rings. The molecular formula is C18H24N4O2. The maximum Gasteiger partial charge on any atom is 0.233 e. The van der Waals surface area contributed by atoms with Crippen LogP contribution in [0.4, 0.5) is 5.82 Å². The highest BCUT2D eigenvalue weighted by molar-refractivity contribution is 5.95. The molecule has 1 amide bonds. The third-order valence-electron chi connectivity index (χ3n) is 4.52. The fourth-order valence-corrected chi connectivity index (χ4v) is 3.23. The predicted octanol–water partition coefficient (Wildman–Crippen LogP) is 3.08. The number of ether oxygens (including phenoxy) is 1. The van der Waals surface area contributed by atoms with Gasteiger partial charge >= 0.3 is 0 Å². The fraction of sp³-hybridized carbons (Fsp3) is 0.500. The van der Waals surface area contributed by atoms with Gasteiger partial charge in [0.2, 0.25) is 5.91 Å². The van der Waals surface area contributed by atoms with Gasteiger partial charge in [0.05, 0.1) is 5.92 Å². The van der Waals surface area contributed by atoms with Gasteiger partial charge < -0.3 is 10.1 Å². The smallest absolute Gasteiger partial charge is 0.233 e. The van der Waals surface area contributed by atoms with Crippen molar-refractivity contribution >= 4 is 11.7 Å². The average molecular weight is 328 g/mol. The van der Waals surface area contributed by atoms with Crippen LogP contribution in [0.5, 0.6) is 0 Å². The molecule has 0 bridgehead atoms. The first-order valence-corrected chi connectivity index (χ1v) is 8.49. The van der Waals surface area contributed by atoms with Crippen LogP contribution in [0, 0.1) is 5.92 Å². The van der Waals surface area contributed by atoms with Gasteiger partial charge in [-0.2, -0.15) is 5.10 Å². The molecular weight excluding hydrogens is 304 g/mol. The van der Waals surface area contributed by atoms with E-state index in [9.17, 15) is 4.79 Å². The van der Waals surface area contributed by atoms with Gasteiger partial charge in [-0.1, -0.05) is 13.8 Å². The topological polar surface area (TPSA) is 79.9 Å². The molecule has 0 radical (unpaired) electrons. The van der Waals surface area contributed by atoms with E-state index in [2.05, 4.69) is 20.5 Å². The summed E-state index contributed by atoms with van der Waals surface area (Å²) in [6.07, 6.45) is 5.41. The molecule has 0 saturated carbocycles. The van der Waals surface area contributed by atoms with Crippen LogP contribution in [0.1, 0.15) is 49.8 Å². The van der Waals surface area contributed by atoms with Crippen molar-refractivity contribution in [2.45, 2.75) is 38.5 Å². The number of amides is 1. The minimum atomic E-state index is -0.226. The standard InChI is InChI=1S/C18H24N4O2/c1-12(2)17(14-3-7-19-8-4-14)18(23)20-16-11-15(21-22-16)13-5-9-24-10-6-13/h3-4,7-8,11-13,17H,5-6,9-10H2,1-2H3,(H2,20,21,22,23). The van der Waals surface area contributed by atoms with Gasteiger partial charge in [0.1, 0.15) is 0 Å². The van der Waals surface area contributed by atoms with Crippen molar-refractivity contribution in [2.75, 3.05) is 18.5 Å². The summed E-state index contributed by atoms with van der Waals surface area (Å²) in [5.74, 6) is 0.929. The Labute approximate surface area is 142 Å². The van der Waals surface area contributed by atoms with Crippen LogP contribution in [-0.4, -0.2) is 34.3 Å². The largest absolute Gasteiger partial charge is 0.381 e. The molecule has 0 aromatic carbocycles. The minimum absolute atomic E-state index is 0.0405. The van der Waals surface area contributed by atoms with E-state index in [-0.39, 0.29) is 17.7 Å². The van der Waals surface area contributed by atoms with E-state index >= 15 is 0 Å². The zero-order valence-electron chi connectivity index (χ0n) is 14.2. The van der Waals surface area contributed by atoms with Crippen LogP contribution >= 0.6 is 0 Å². The second kappa shape index (κ2) is 7.57. The van der Waals surface area contributed by atoms with E-state index in [1.165, 1.54) is 0 Å². The molecule has 128 valence electrons. The Balaban J connectivity index is 1.70. The summed E-state index contributed by atoms with van der Waals surface area (Å²) >= 11 is 0. The number of aromatic amines is 1. The van der Waals surface area contributed by atoms with Crippen molar-refractivity contribution in [3.05, 3.63) is 41.9 Å². The average Bonchev–Trinajstić information content (AvgIpc) is 3.05. The first kappa shape index (κ1) is 16.6. The maximum atomic E-state index is 12.7. The molecule has 24 heavy (non-hydrogen) atoms. The lowest BCUT2D eigenvalue weighted by molar-refractivity contribution is -0.118. The molecule has 6 nitrogen and oxygen atoms in total. The number of nitrogens with one attached hydrogen (secondary N) is 2. The molecule has 3 heterocycles. The molecule has 0 aliphatic carbocycles. The summed E-state index contributed by atoms with van der Waals surface area (Å²) < 4.78 is 5.39. The van der Waals surface area contributed by atoms with Gasteiger partial charge in [0.25, 0.3) is 0 Å². The molecule has 1 aliphatic heterocycles. The van der Waals surface area contributed by atoms with Crippen LogP contribution in [-0.2, 0) is 9.53 Å². The number of rotatable bonds is 5. The van der Waals surface area contributed by atoms with Crippen LogP contribution in [0.3, 0.4) is 0 Å². The van der Waals surface area contributed by atoms with Crippen LogP contribution in [0.2, 0.25) is 0 Å². The third kappa shape index (κ3) is 3.82. The highest BCUT2D eigenvalue weighted by Crippen LogP contribution is 2.28. The maximum absolute atomic E-state index is 12.7. The van der Waals surface area contributed by atoms with Gasteiger partial charge in [-0.3, -0.25) is 14.9 Å². The lowest BCUT2D eigenvalue weighted by Crippen LogP contribution is -2.25. The number of anilines is 1. The summed E-state index contributed by atoms with van der Waals surface area (Å²) in [4.78, 5) is 16.8. The summed E-state index contributed by atoms with van der Waals surface area (Å²) in [6.45, 7) is 5.65. The Morgan fingerprint density at radius 2 is 2.00 bits per heavy atom. The molecule has 2 aromatic heterocycles. The normalized spacial score (nSPS) is 17.0. The number of carbonyl (C=O) groups is 1. The summed E-state index contributed by atoms with van der Waals surface area (Å²) in [7, 11) is 0. The second-order valence-electron chi connectivity index (χ2n) is 6.59. The summed E-state index contributed by atoms with van der Waals surface area (Å²) in [5, 5.41) is 10.3. The van der Waals surface area contributed by atoms with Gasteiger partial charge in [-0.15, -0.1) is 0 Å². The lowest BCUT2D eigenvalue weighted by atomic mass is 9.88. The Hall–Kier alpha value is -2.21. The zero-order valence-corrected chi connectivity index (χ0v) is 14.2. The number of H-pyrrole nitrogens is 1. The summed E-state index contributed by atoms with van der Waals surface area (Å²) in [5.41, 5.74) is 2.04. The molecule has 1 saturated heterocycles. The van der Waals surface area contributed by atoms with E-state index in [4.69, 9.17) is 4.74 Å². The van der Waals surface area contributed by atoms with Crippen molar-refractivity contribution < 1.29 is 9.53 Å². The Morgan fingerprint density at radius 1 is 1.29 bits per heavy atom. The highest BCUT2D eigenvalue weighted by Gasteiger charge is 2.25. The fourth-order valence-electron chi connectivity index (χ4n) is 3.23. The van der Waals surface area contributed by atoms with E-state index in [0.29, 0.717) is 11.7 Å². The number of hydrogen-bond acceptors (Lipinski definition) is 4. The monoisotopic (exact) mass is 328 g/mol. The minimum Gasteiger partial charge on any atom is -0.381 e. The Kier molecular flexibility index (Phi) is 5.25. The number of carbonyl (C=O) groups excluding carboxylic acids is 1. The van der Waals surface area contributed by atoms with E-state index in [0.717, 1.165) is 37.3 Å². The van der Waals surface area contributed by atoms with E-state index in [1.54, 1.807) is 12.4 Å². The lowest BCUT2D eigenvalue weighted by Gasteiger charge is -2.20. The molecule has 6 heteroatoms. The SMILES string of the molecule is CC(C)C(C(=O)Nc1cc(C2CCOCC2)[nH]n1)c1ccncc1. The first-order valence-electron chi connectivity index (χ1n) is 8.49. The van der Waals surface area contributed by atoms with Crippen LogP contribution < -0.4 is 5.32 Å². The predicted molar refractivity (Wildman–Crippen MR) is 91.8 cm³/mol. The third-order valence-corrected chi connectivity index (χ3v) is 4.52. The first-order chi connectivity index (χ1) is 11.6. The molecule has 3 rings (SSSR count). The van der Waals surface area contributed by atoms with E-state index < -0.39 is 0 Å². The molecule has 1 unspecified atom stereocenters. The Bertz CT molecular complexity index is 663. The molecule has 2 N–H and O–H groups in total. The zero-order chi connectivity index (χ0) is 16.9. The second-order valence-corrected chi connectivity index (χ2v) is 6.59. The van der Waals surface area contributed by atoms with Gasteiger partial charge in [-0.25, -0.2) is 0 Å². The van der Waals surface area contributed by atoms with Gasteiger partial charge in [-0.05, 0) is 36.5 Å². The van der Waals surface area contributed by atoms with Crippen molar-refractivity contribution in [2.24, 2.45) is 5.92 Å². The number of nitrogens with zero attached hydrogens (tertiary/aromatic N) is 2. The van der Waals surface area contributed by atoms with Crippen LogP contribution in [0.25, 0.3) is 0 Å². The van der Waals surface area contributed by atoms with Crippen LogP contribution in [0.15, 0.2) is 30.6 Å². The highest BCUT2D eigenvalue weighted by atomic mass is 16.5. The molecule has 0 spiro atoms. The number of hydrogen-bond donors (Lipinski definition) is 2. The molecule has 1 atom stereocenters. The van der Waals surface area contributed by atoms with Crippen molar-refractivity contribution in [1.29, 1.82) is 0 Å². The van der Waals surface area contributed by atoms with Crippen molar-refractivity contribution in [1.82, 2.24) is 15.2 Å². The molecule has 1 fully saturated rings. The Morgan fingerprint density at radius 3 is 2.67 bits per heavy atom. The van der Waals surface area contributed by atoms with Crippen molar-refractivity contribution in [3.8, 4) is 0 Å².